The largest absolute Gasteiger partial charge is 0.480 e. The molecule has 0 bridgehead atoms. The topological polar surface area (TPSA) is 74.7 Å². The van der Waals surface area contributed by atoms with Gasteiger partial charge in [0.1, 0.15) is 6.04 Å². The van der Waals surface area contributed by atoms with Crippen molar-refractivity contribution in [1.29, 1.82) is 0 Å². The van der Waals surface area contributed by atoms with Gasteiger partial charge in [-0.15, -0.1) is 0 Å². The van der Waals surface area contributed by atoms with Gasteiger partial charge in [-0.25, -0.2) is 4.79 Å². The first-order valence-corrected chi connectivity index (χ1v) is 8.55. The van der Waals surface area contributed by atoms with E-state index in [4.69, 9.17) is 0 Å². The summed E-state index contributed by atoms with van der Waals surface area (Å²) in [5.74, 6) is -0.633. The Bertz CT molecular complexity index is 420. The first-order valence-electron chi connectivity index (χ1n) is 7.67. The summed E-state index contributed by atoms with van der Waals surface area (Å²) in [5.41, 5.74) is 0. The van der Waals surface area contributed by atoms with Crippen molar-refractivity contribution in [2.45, 2.75) is 63.2 Å². The standard InChI is InChI=1S/C15H23NO4S/c1-10(17)21-12-8-14(18)16(9-12)13(15(19)20)7-11-5-3-2-4-6-11/h11-13H,2-9H2,1H3,(H,19,20)/t12?,13-/m0/s1. The van der Waals surface area contributed by atoms with Crippen molar-refractivity contribution in [2.75, 3.05) is 6.54 Å². The Kier molecular flexibility index (Phi) is 5.67. The van der Waals surface area contributed by atoms with Gasteiger partial charge < -0.3 is 10.0 Å². The SMILES string of the molecule is CC(=O)SC1CC(=O)N([C@@H](CC2CCCCC2)C(=O)O)C1. The highest BCUT2D eigenvalue weighted by Crippen LogP contribution is 2.32. The van der Waals surface area contributed by atoms with E-state index in [2.05, 4.69) is 0 Å². The van der Waals surface area contributed by atoms with Crippen molar-refractivity contribution in [3.05, 3.63) is 0 Å². The van der Waals surface area contributed by atoms with E-state index in [1.54, 1.807) is 0 Å². The highest BCUT2D eigenvalue weighted by Gasteiger charge is 2.39. The third-order valence-corrected chi connectivity index (χ3v) is 5.38. The van der Waals surface area contributed by atoms with Crippen LogP contribution in [0.25, 0.3) is 0 Å². The van der Waals surface area contributed by atoms with E-state index in [-0.39, 0.29) is 22.7 Å². The predicted molar refractivity (Wildman–Crippen MR) is 81.0 cm³/mol. The molecule has 1 heterocycles. The van der Waals surface area contributed by atoms with Crippen LogP contribution in [-0.4, -0.2) is 44.8 Å². The molecule has 2 aliphatic rings. The van der Waals surface area contributed by atoms with Crippen LogP contribution in [0.3, 0.4) is 0 Å². The van der Waals surface area contributed by atoms with Crippen molar-refractivity contribution >= 4 is 28.8 Å². The normalized spacial score (nSPS) is 25.1. The van der Waals surface area contributed by atoms with Crippen LogP contribution in [0.15, 0.2) is 0 Å². The van der Waals surface area contributed by atoms with Gasteiger partial charge in [0, 0.05) is 25.1 Å². The Morgan fingerprint density at radius 2 is 2.00 bits per heavy atom. The van der Waals surface area contributed by atoms with E-state index in [0.717, 1.165) is 37.4 Å². The molecule has 1 unspecified atom stereocenters. The van der Waals surface area contributed by atoms with Gasteiger partial charge in [0.2, 0.25) is 5.91 Å². The summed E-state index contributed by atoms with van der Waals surface area (Å²) in [7, 11) is 0. The number of carboxylic acid groups (broad SMARTS) is 1. The van der Waals surface area contributed by atoms with Gasteiger partial charge in [-0.2, -0.15) is 0 Å². The molecule has 0 spiro atoms. The van der Waals surface area contributed by atoms with E-state index < -0.39 is 12.0 Å². The first kappa shape index (κ1) is 16.3. The third kappa shape index (κ3) is 4.46. The van der Waals surface area contributed by atoms with Gasteiger partial charge in [-0.05, 0) is 12.3 Å². The molecule has 0 aromatic carbocycles. The van der Waals surface area contributed by atoms with Crippen LogP contribution >= 0.6 is 11.8 Å². The fraction of sp³-hybridized carbons (Fsp3) is 0.800. The zero-order valence-electron chi connectivity index (χ0n) is 12.4. The summed E-state index contributed by atoms with van der Waals surface area (Å²) < 4.78 is 0. The first-order chi connectivity index (χ1) is 9.97. The summed E-state index contributed by atoms with van der Waals surface area (Å²) in [5, 5.41) is 9.37. The number of thioether (sulfide) groups is 1. The van der Waals surface area contributed by atoms with Crippen LogP contribution in [-0.2, 0) is 14.4 Å². The number of nitrogens with zero attached hydrogens (tertiary/aromatic N) is 1. The molecule has 0 radical (unpaired) electrons. The lowest BCUT2D eigenvalue weighted by Gasteiger charge is -2.30. The van der Waals surface area contributed by atoms with Gasteiger partial charge in [0.15, 0.2) is 5.12 Å². The number of aliphatic carboxylic acids is 1. The van der Waals surface area contributed by atoms with Crippen LogP contribution in [0.1, 0.15) is 51.9 Å². The molecular formula is C15H23NO4S. The lowest BCUT2D eigenvalue weighted by atomic mass is 9.84. The van der Waals surface area contributed by atoms with E-state index in [1.807, 2.05) is 0 Å². The number of hydrogen-bond acceptors (Lipinski definition) is 4. The van der Waals surface area contributed by atoms with Gasteiger partial charge in [0.05, 0.1) is 0 Å². The zero-order chi connectivity index (χ0) is 15.4. The molecule has 1 N–H and O–H groups in total. The number of likely N-dealkylation sites (tertiary alicyclic amines) is 1. The summed E-state index contributed by atoms with van der Waals surface area (Å²) in [6, 6.07) is -0.724. The number of rotatable bonds is 5. The summed E-state index contributed by atoms with van der Waals surface area (Å²) in [6.45, 7) is 1.86. The van der Waals surface area contributed by atoms with E-state index >= 15 is 0 Å². The third-order valence-electron chi connectivity index (χ3n) is 4.40. The average molecular weight is 313 g/mol. The summed E-state index contributed by atoms with van der Waals surface area (Å²) in [6.07, 6.45) is 6.52. The van der Waals surface area contributed by atoms with Crippen LogP contribution in [0.2, 0.25) is 0 Å². The lowest BCUT2D eigenvalue weighted by molar-refractivity contribution is -0.149. The monoisotopic (exact) mass is 313 g/mol. The van der Waals surface area contributed by atoms with Crippen LogP contribution in [0.5, 0.6) is 0 Å². The van der Waals surface area contributed by atoms with Crippen LogP contribution in [0.4, 0.5) is 0 Å². The number of carbonyl (C=O) groups excluding carboxylic acids is 2. The number of hydrogen-bond donors (Lipinski definition) is 1. The maximum Gasteiger partial charge on any atom is 0.326 e. The smallest absolute Gasteiger partial charge is 0.326 e. The molecule has 6 heteroatoms. The molecule has 1 saturated heterocycles. The molecule has 21 heavy (non-hydrogen) atoms. The summed E-state index contributed by atoms with van der Waals surface area (Å²) in [4.78, 5) is 36.3. The van der Waals surface area contributed by atoms with Gasteiger partial charge in [-0.1, -0.05) is 43.9 Å². The van der Waals surface area contributed by atoms with Gasteiger partial charge in [0.25, 0.3) is 0 Å². The molecular weight excluding hydrogens is 290 g/mol. The molecule has 0 aromatic heterocycles. The molecule has 1 aliphatic heterocycles. The van der Waals surface area contributed by atoms with Crippen LogP contribution in [0, 0.1) is 5.92 Å². The van der Waals surface area contributed by atoms with Crippen molar-refractivity contribution in [2.24, 2.45) is 5.92 Å². The number of carbonyl (C=O) groups is 3. The predicted octanol–water partition coefficient (Wildman–Crippen LogP) is 2.29. The Labute approximate surface area is 129 Å². The Balaban J connectivity index is 1.98. The van der Waals surface area contributed by atoms with E-state index in [0.29, 0.717) is 18.9 Å². The molecule has 1 amide bonds. The second-order valence-corrected chi connectivity index (χ2v) is 7.55. The molecule has 0 aromatic rings. The lowest BCUT2D eigenvalue weighted by Crippen LogP contribution is -2.43. The number of amides is 1. The summed E-state index contributed by atoms with van der Waals surface area (Å²) >= 11 is 1.15. The number of carboxylic acids is 1. The Morgan fingerprint density at radius 3 is 2.57 bits per heavy atom. The Morgan fingerprint density at radius 1 is 1.33 bits per heavy atom. The minimum Gasteiger partial charge on any atom is -0.480 e. The average Bonchev–Trinajstić information content (AvgIpc) is 2.76. The minimum atomic E-state index is -0.914. The van der Waals surface area contributed by atoms with E-state index in [1.165, 1.54) is 18.2 Å². The van der Waals surface area contributed by atoms with Crippen LogP contribution < -0.4 is 0 Å². The minimum absolute atomic E-state index is 0.0196. The molecule has 1 saturated carbocycles. The molecule has 1 aliphatic carbocycles. The molecule has 2 fully saturated rings. The van der Waals surface area contributed by atoms with Crippen molar-refractivity contribution < 1.29 is 19.5 Å². The van der Waals surface area contributed by atoms with Gasteiger partial charge in [-0.3, -0.25) is 9.59 Å². The quantitative estimate of drug-likeness (QED) is 0.843. The molecule has 118 valence electrons. The fourth-order valence-electron chi connectivity index (χ4n) is 3.41. The Hall–Kier alpha value is -1.04. The van der Waals surface area contributed by atoms with E-state index in [9.17, 15) is 19.5 Å². The maximum atomic E-state index is 12.1. The molecule has 2 atom stereocenters. The zero-order valence-corrected chi connectivity index (χ0v) is 13.2. The second-order valence-electron chi connectivity index (χ2n) is 6.08. The molecule has 2 rings (SSSR count). The highest BCUT2D eigenvalue weighted by molar-refractivity contribution is 8.14. The van der Waals surface area contributed by atoms with Crippen molar-refractivity contribution in [3.8, 4) is 0 Å². The van der Waals surface area contributed by atoms with Gasteiger partial charge >= 0.3 is 5.97 Å². The van der Waals surface area contributed by atoms with Crippen molar-refractivity contribution in [3.63, 3.8) is 0 Å². The second kappa shape index (κ2) is 7.29. The fourth-order valence-corrected chi connectivity index (χ4v) is 4.34. The molecule has 5 nitrogen and oxygen atoms in total. The highest BCUT2D eigenvalue weighted by atomic mass is 32.2. The van der Waals surface area contributed by atoms with Crippen molar-refractivity contribution in [1.82, 2.24) is 4.90 Å². The maximum absolute atomic E-state index is 12.1.